The maximum absolute atomic E-state index is 3.69. The fraction of sp³-hybridized carbons (Fsp3) is 0.667. The highest BCUT2D eigenvalue weighted by Crippen LogP contribution is 2.32. The van der Waals surface area contributed by atoms with Crippen LogP contribution in [0.3, 0.4) is 0 Å². The smallest absolute Gasteiger partial charge is 0.0352 e. The second kappa shape index (κ2) is 3.71. The van der Waals surface area contributed by atoms with E-state index < -0.39 is 0 Å². The predicted octanol–water partition coefficient (Wildman–Crippen LogP) is 2.96. The largest absolute Gasteiger partial charge is 0.103 e. The molecule has 0 N–H and O–H groups in total. The fourth-order valence-electron chi connectivity index (χ4n) is 1.03. The van der Waals surface area contributed by atoms with Crippen molar-refractivity contribution in [2.24, 2.45) is 5.92 Å². The van der Waals surface area contributed by atoms with E-state index in [0.29, 0.717) is 0 Å². The summed E-state index contributed by atoms with van der Waals surface area (Å²) >= 11 is 0. The third-order valence-corrected chi connectivity index (χ3v) is 1.80. The summed E-state index contributed by atoms with van der Waals surface area (Å²) < 4.78 is 0. The first-order valence-corrected chi connectivity index (χ1v) is 3.87. The van der Waals surface area contributed by atoms with Crippen molar-refractivity contribution in [1.29, 1.82) is 0 Å². The van der Waals surface area contributed by atoms with Gasteiger partial charge in [-0.3, -0.25) is 0 Å². The lowest BCUT2D eigenvalue weighted by Crippen LogP contribution is -1.76. The first kappa shape index (κ1) is 6.85. The van der Waals surface area contributed by atoms with Gasteiger partial charge in [0.2, 0.25) is 0 Å². The zero-order valence-corrected chi connectivity index (χ0v) is 5.97. The minimum atomic E-state index is 0.995. The number of hydrogen-bond acceptors (Lipinski definition) is 0. The van der Waals surface area contributed by atoms with E-state index in [-0.39, 0.29) is 0 Å². The number of allylic oxidation sites excluding steroid dienone is 1. The summed E-state index contributed by atoms with van der Waals surface area (Å²) in [7, 11) is 0. The van der Waals surface area contributed by atoms with Crippen molar-refractivity contribution in [3.05, 3.63) is 19.1 Å². The van der Waals surface area contributed by atoms with E-state index in [4.69, 9.17) is 0 Å². The molecule has 0 bridgehead atoms. The monoisotopic (exact) mass is 123 g/mol. The van der Waals surface area contributed by atoms with Gasteiger partial charge in [0.15, 0.2) is 0 Å². The standard InChI is InChI=1S/C9H15/c1-2-3-4-5-6-9-7-8-9/h2,7,9H,1,3-6,8H2. The van der Waals surface area contributed by atoms with Crippen LogP contribution in [0.25, 0.3) is 0 Å². The number of hydrogen-bond donors (Lipinski definition) is 0. The molecule has 0 saturated heterocycles. The normalized spacial score (nSPS) is 17.8. The second-order valence-electron chi connectivity index (χ2n) is 2.80. The van der Waals surface area contributed by atoms with Crippen LogP contribution in [0.15, 0.2) is 12.7 Å². The molecular weight excluding hydrogens is 108 g/mol. The Kier molecular flexibility index (Phi) is 2.82. The van der Waals surface area contributed by atoms with Crippen molar-refractivity contribution in [2.75, 3.05) is 0 Å². The summed E-state index contributed by atoms with van der Waals surface area (Å²) in [5.74, 6) is 0.995. The molecule has 1 atom stereocenters. The summed E-state index contributed by atoms with van der Waals surface area (Å²) in [6.07, 6.45) is 11.2. The molecule has 51 valence electrons. The van der Waals surface area contributed by atoms with Gasteiger partial charge in [-0.1, -0.05) is 18.9 Å². The minimum Gasteiger partial charge on any atom is -0.103 e. The molecule has 0 heteroatoms. The molecule has 9 heavy (non-hydrogen) atoms. The summed E-state index contributed by atoms with van der Waals surface area (Å²) in [6, 6.07) is 0. The zero-order valence-electron chi connectivity index (χ0n) is 5.97. The van der Waals surface area contributed by atoms with E-state index in [9.17, 15) is 0 Å². The second-order valence-corrected chi connectivity index (χ2v) is 2.80. The van der Waals surface area contributed by atoms with Gasteiger partial charge in [0.05, 0.1) is 0 Å². The van der Waals surface area contributed by atoms with E-state index in [1.807, 2.05) is 6.08 Å². The first-order chi connectivity index (χ1) is 4.43. The molecule has 0 spiro atoms. The van der Waals surface area contributed by atoms with Crippen LogP contribution in [0.2, 0.25) is 0 Å². The highest BCUT2D eigenvalue weighted by atomic mass is 14.2. The summed E-state index contributed by atoms with van der Waals surface area (Å²) in [5, 5.41) is 0. The summed E-state index contributed by atoms with van der Waals surface area (Å²) in [4.78, 5) is 0. The van der Waals surface area contributed by atoms with Crippen molar-refractivity contribution in [1.82, 2.24) is 0 Å². The average Bonchev–Trinajstić information content (AvgIpc) is 2.63. The van der Waals surface area contributed by atoms with Crippen LogP contribution < -0.4 is 0 Å². The van der Waals surface area contributed by atoms with Gasteiger partial charge in [-0.05, 0) is 31.6 Å². The number of unbranched alkanes of at least 4 members (excludes halogenated alkanes) is 2. The van der Waals surface area contributed by atoms with Crippen LogP contribution in [0.1, 0.15) is 32.1 Å². The van der Waals surface area contributed by atoms with E-state index in [1.165, 1.54) is 32.1 Å². The lowest BCUT2D eigenvalue weighted by atomic mass is 10.1. The Morgan fingerprint density at radius 2 is 2.33 bits per heavy atom. The van der Waals surface area contributed by atoms with Crippen LogP contribution in [0, 0.1) is 12.3 Å². The summed E-state index contributed by atoms with van der Waals surface area (Å²) in [5.41, 5.74) is 0. The van der Waals surface area contributed by atoms with E-state index in [2.05, 4.69) is 13.0 Å². The van der Waals surface area contributed by atoms with Crippen LogP contribution in [-0.2, 0) is 0 Å². The minimum absolute atomic E-state index is 0.995. The first-order valence-electron chi connectivity index (χ1n) is 3.87. The van der Waals surface area contributed by atoms with Crippen molar-refractivity contribution >= 4 is 0 Å². The van der Waals surface area contributed by atoms with E-state index in [0.717, 1.165) is 5.92 Å². The molecule has 1 rings (SSSR count). The van der Waals surface area contributed by atoms with Gasteiger partial charge in [-0.2, -0.15) is 0 Å². The van der Waals surface area contributed by atoms with E-state index >= 15 is 0 Å². The topological polar surface area (TPSA) is 0 Å². The molecule has 1 aliphatic carbocycles. The van der Waals surface area contributed by atoms with Crippen LogP contribution in [0.5, 0.6) is 0 Å². The molecule has 0 heterocycles. The van der Waals surface area contributed by atoms with Gasteiger partial charge < -0.3 is 0 Å². The quantitative estimate of drug-likeness (QED) is 0.389. The van der Waals surface area contributed by atoms with Crippen molar-refractivity contribution in [3.8, 4) is 0 Å². The molecule has 0 aromatic rings. The van der Waals surface area contributed by atoms with Gasteiger partial charge in [0.1, 0.15) is 0 Å². The molecule has 1 saturated carbocycles. The fourth-order valence-corrected chi connectivity index (χ4v) is 1.03. The van der Waals surface area contributed by atoms with Crippen molar-refractivity contribution < 1.29 is 0 Å². The molecule has 0 amide bonds. The molecule has 0 aliphatic heterocycles. The van der Waals surface area contributed by atoms with Crippen molar-refractivity contribution in [3.63, 3.8) is 0 Å². The van der Waals surface area contributed by atoms with Gasteiger partial charge in [-0.25, -0.2) is 0 Å². The molecule has 1 radical (unpaired) electrons. The lowest BCUT2D eigenvalue weighted by molar-refractivity contribution is 0.646. The third-order valence-electron chi connectivity index (χ3n) is 1.80. The SMILES string of the molecule is C=CCCCCC1[CH]C1. The van der Waals surface area contributed by atoms with Gasteiger partial charge in [-0.15, -0.1) is 6.58 Å². The lowest BCUT2D eigenvalue weighted by Gasteiger charge is -1.93. The Labute approximate surface area is 58.0 Å². The Bertz CT molecular complexity index is 80.0. The maximum Gasteiger partial charge on any atom is -0.0352 e. The van der Waals surface area contributed by atoms with Gasteiger partial charge in [0.25, 0.3) is 0 Å². The highest BCUT2D eigenvalue weighted by Gasteiger charge is 2.20. The predicted molar refractivity (Wildman–Crippen MR) is 41.1 cm³/mol. The summed E-state index contributed by atoms with van der Waals surface area (Å²) in [6.45, 7) is 3.69. The average molecular weight is 123 g/mol. The molecular formula is C9H15. The van der Waals surface area contributed by atoms with Crippen LogP contribution in [0.4, 0.5) is 0 Å². The molecule has 1 unspecified atom stereocenters. The molecule has 1 fully saturated rings. The third kappa shape index (κ3) is 3.34. The Morgan fingerprint density at radius 3 is 2.89 bits per heavy atom. The molecule has 0 aromatic heterocycles. The molecule has 1 aliphatic rings. The van der Waals surface area contributed by atoms with Crippen molar-refractivity contribution in [2.45, 2.75) is 32.1 Å². The Morgan fingerprint density at radius 1 is 1.56 bits per heavy atom. The van der Waals surface area contributed by atoms with Gasteiger partial charge in [0, 0.05) is 0 Å². The van der Waals surface area contributed by atoms with Crippen LogP contribution >= 0.6 is 0 Å². The van der Waals surface area contributed by atoms with Gasteiger partial charge >= 0.3 is 0 Å². The van der Waals surface area contributed by atoms with E-state index in [1.54, 1.807) is 0 Å². The molecule has 0 nitrogen and oxygen atoms in total. The van der Waals surface area contributed by atoms with Crippen LogP contribution in [-0.4, -0.2) is 0 Å². The molecule has 0 aromatic carbocycles. The Hall–Kier alpha value is -0.260. The zero-order chi connectivity index (χ0) is 6.53. The number of rotatable bonds is 5. The maximum atomic E-state index is 3.69. The Balaban J connectivity index is 1.75. The highest BCUT2D eigenvalue weighted by molar-refractivity contribution is 4.93.